The number of nitrogens with zero attached hydrogens (tertiary/aromatic N) is 2. The van der Waals surface area contributed by atoms with Crippen LogP contribution >= 0.6 is 11.8 Å². The summed E-state index contributed by atoms with van der Waals surface area (Å²) in [5.41, 5.74) is 0. The summed E-state index contributed by atoms with van der Waals surface area (Å²) in [6.45, 7) is 4.73. The first-order valence-electron chi connectivity index (χ1n) is 7.45. The highest BCUT2D eigenvalue weighted by atomic mass is 32.2. The number of carbonyl (C=O) groups is 2. The minimum absolute atomic E-state index is 0.0829. The van der Waals surface area contributed by atoms with Crippen molar-refractivity contribution in [2.45, 2.75) is 6.92 Å². The number of hydrogen-bond donors (Lipinski definition) is 0. The maximum absolute atomic E-state index is 12.1. The van der Waals surface area contributed by atoms with E-state index in [9.17, 15) is 9.59 Å². The summed E-state index contributed by atoms with van der Waals surface area (Å²) >= 11 is 1.58. The summed E-state index contributed by atoms with van der Waals surface area (Å²) in [7, 11) is 0. The molecule has 1 heterocycles. The Morgan fingerprint density at radius 2 is 1.73 bits per heavy atom. The van der Waals surface area contributed by atoms with E-state index in [1.54, 1.807) is 23.6 Å². The van der Waals surface area contributed by atoms with Gasteiger partial charge in [0.05, 0.1) is 12.4 Å². The van der Waals surface area contributed by atoms with Gasteiger partial charge in [-0.05, 0) is 12.1 Å². The molecule has 1 aromatic rings. The predicted molar refractivity (Wildman–Crippen MR) is 88.1 cm³/mol. The van der Waals surface area contributed by atoms with Crippen LogP contribution in [0.5, 0.6) is 5.75 Å². The number of benzene rings is 1. The van der Waals surface area contributed by atoms with Crippen molar-refractivity contribution in [1.29, 1.82) is 0 Å². The second-order valence-electron chi connectivity index (χ2n) is 5.10. The molecule has 2 amide bonds. The van der Waals surface area contributed by atoms with Crippen LogP contribution in [0.25, 0.3) is 0 Å². The van der Waals surface area contributed by atoms with Crippen molar-refractivity contribution >= 4 is 23.6 Å². The highest BCUT2D eigenvalue weighted by molar-refractivity contribution is 7.99. The molecule has 120 valence electrons. The van der Waals surface area contributed by atoms with Crippen LogP contribution in [-0.4, -0.2) is 65.9 Å². The SMILES string of the molecule is CC(=O)N1CCN(C(=O)CSCCOc2ccccc2)CC1. The zero-order valence-electron chi connectivity index (χ0n) is 12.9. The quantitative estimate of drug-likeness (QED) is 0.745. The number of hydrogen-bond acceptors (Lipinski definition) is 4. The molecule has 0 spiro atoms. The molecule has 22 heavy (non-hydrogen) atoms. The normalized spacial score (nSPS) is 14.8. The largest absolute Gasteiger partial charge is 0.493 e. The molecule has 0 unspecified atom stereocenters. The maximum atomic E-state index is 12.1. The van der Waals surface area contributed by atoms with E-state index in [0.717, 1.165) is 11.5 Å². The van der Waals surface area contributed by atoms with Gasteiger partial charge in [-0.25, -0.2) is 0 Å². The van der Waals surface area contributed by atoms with Gasteiger partial charge in [-0.1, -0.05) is 18.2 Å². The average molecular weight is 322 g/mol. The highest BCUT2D eigenvalue weighted by Gasteiger charge is 2.21. The molecule has 0 saturated carbocycles. The van der Waals surface area contributed by atoms with E-state index in [0.29, 0.717) is 38.5 Å². The third kappa shape index (κ3) is 5.26. The fourth-order valence-corrected chi connectivity index (χ4v) is 2.96. The molecule has 0 atom stereocenters. The highest BCUT2D eigenvalue weighted by Crippen LogP contribution is 2.10. The molecule has 0 bridgehead atoms. The van der Waals surface area contributed by atoms with Crippen LogP contribution in [0.3, 0.4) is 0 Å². The van der Waals surface area contributed by atoms with Gasteiger partial charge in [0.25, 0.3) is 0 Å². The van der Waals surface area contributed by atoms with Gasteiger partial charge in [0.1, 0.15) is 5.75 Å². The van der Waals surface area contributed by atoms with Crippen molar-refractivity contribution in [2.75, 3.05) is 44.3 Å². The Morgan fingerprint density at radius 3 is 2.36 bits per heavy atom. The van der Waals surface area contributed by atoms with Crippen LogP contribution in [0.4, 0.5) is 0 Å². The lowest BCUT2D eigenvalue weighted by Crippen LogP contribution is -2.50. The van der Waals surface area contributed by atoms with Gasteiger partial charge >= 0.3 is 0 Å². The zero-order valence-corrected chi connectivity index (χ0v) is 13.7. The molecule has 6 heteroatoms. The molecule has 0 aliphatic carbocycles. The van der Waals surface area contributed by atoms with Gasteiger partial charge in [0, 0.05) is 38.9 Å². The van der Waals surface area contributed by atoms with E-state index in [-0.39, 0.29) is 11.8 Å². The summed E-state index contributed by atoms with van der Waals surface area (Å²) in [6, 6.07) is 9.67. The molecule has 0 N–H and O–H groups in total. The average Bonchev–Trinajstić information content (AvgIpc) is 2.55. The second-order valence-corrected chi connectivity index (χ2v) is 6.21. The van der Waals surface area contributed by atoms with Crippen molar-refractivity contribution in [1.82, 2.24) is 9.80 Å². The number of carbonyl (C=O) groups excluding carboxylic acids is 2. The molecule has 1 saturated heterocycles. The van der Waals surface area contributed by atoms with E-state index in [1.807, 2.05) is 35.2 Å². The molecule has 2 rings (SSSR count). The zero-order chi connectivity index (χ0) is 15.8. The minimum Gasteiger partial charge on any atom is -0.493 e. The third-order valence-corrected chi connectivity index (χ3v) is 4.45. The summed E-state index contributed by atoms with van der Waals surface area (Å²) in [6.07, 6.45) is 0. The number of para-hydroxylation sites is 1. The van der Waals surface area contributed by atoms with Crippen molar-refractivity contribution in [3.63, 3.8) is 0 Å². The van der Waals surface area contributed by atoms with Crippen LogP contribution in [0.1, 0.15) is 6.92 Å². The summed E-state index contributed by atoms with van der Waals surface area (Å²) < 4.78 is 5.58. The van der Waals surface area contributed by atoms with Crippen LogP contribution < -0.4 is 4.74 Å². The predicted octanol–water partition coefficient (Wildman–Crippen LogP) is 1.49. The number of piperazine rings is 1. The Bertz CT molecular complexity index is 487. The van der Waals surface area contributed by atoms with E-state index in [4.69, 9.17) is 4.74 Å². The smallest absolute Gasteiger partial charge is 0.232 e. The molecule has 5 nitrogen and oxygen atoms in total. The van der Waals surface area contributed by atoms with Gasteiger partial charge in [0.15, 0.2) is 0 Å². The first kappa shape index (κ1) is 16.7. The Morgan fingerprint density at radius 1 is 1.09 bits per heavy atom. The Balaban J connectivity index is 1.57. The lowest BCUT2D eigenvalue weighted by atomic mass is 10.3. The van der Waals surface area contributed by atoms with Crippen molar-refractivity contribution < 1.29 is 14.3 Å². The fraction of sp³-hybridized carbons (Fsp3) is 0.500. The van der Waals surface area contributed by atoms with Gasteiger partial charge in [0.2, 0.25) is 11.8 Å². The third-order valence-electron chi connectivity index (χ3n) is 3.54. The Kier molecular flexibility index (Phi) is 6.58. The Hall–Kier alpha value is -1.69. The maximum Gasteiger partial charge on any atom is 0.232 e. The summed E-state index contributed by atoms with van der Waals surface area (Å²) in [4.78, 5) is 26.9. The molecular weight excluding hydrogens is 300 g/mol. The molecular formula is C16H22N2O3S. The van der Waals surface area contributed by atoms with E-state index in [2.05, 4.69) is 0 Å². The summed E-state index contributed by atoms with van der Waals surface area (Å²) in [5.74, 6) is 2.34. The summed E-state index contributed by atoms with van der Waals surface area (Å²) in [5, 5.41) is 0. The van der Waals surface area contributed by atoms with Crippen LogP contribution in [0.15, 0.2) is 30.3 Å². The van der Waals surface area contributed by atoms with E-state index < -0.39 is 0 Å². The lowest BCUT2D eigenvalue weighted by molar-refractivity contribution is -0.136. The molecule has 0 aromatic heterocycles. The lowest BCUT2D eigenvalue weighted by Gasteiger charge is -2.34. The topological polar surface area (TPSA) is 49.9 Å². The first-order valence-corrected chi connectivity index (χ1v) is 8.61. The van der Waals surface area contributed by atoms with Crippen molar-refractivity contribution in [2.24, 2.45) is 0 Å². The number of amides is 2. The fourth-order valence-electron chi connectivity index (χ4n) is 2.26. The molecule has 0 radical (unpaired) electrons. The molecule has 1 fully saturated rings. The van der Waals surface area contributed by atoms with Gasteiger partial charge in [-0.2, -0.15) is 0 Å². The molecule has 1 aliphatic heterocycles. The number of thioether (sulfide) groups is 1. The van der Waals surface area contributed by atoms with Gasteiger partial charge in [-0.3, -0.25) is 9.59 Å². The molecule has 1 aromatic carbocycles. The number of rotatable bonds is 6. The van der Waals surface area contributed by atoms with Crippen LogP contribution in [0.2, 0.25) is 0 Å². The van der Waals surface area contributed by atoms with E-state index in [1.165, 1.54) is 0 Å². The van der Waals surface area contributed by atoms with E-state index >= 15 is 0 Å². The van der Waals surface area contributed by atoms with Gasteiger partial charge in [-0.15, -0.1) is 11.8 Å². The van der Waals surface area contributed by atoms with Crippen molar-refractivity contribution in [3.05, 3.63) is 30.3 Å². The Labute approximate surface area is 135 Å². The van der Waals surface area contributed by atoms with Gasteiger partial charge < -0.3 is 14.5 Å². The number of ether oxygens (including phenoxy) is 1. The first-order chi connectivity index (χ1) is 10.7. The standard InChI is InChI=1S/C16H22N2O3S/c1-14(19)17-7-9-18(10-8-17)16(20)13-22-12-11-21-15-5-3-2-4-6-15/h2-6H,7-13H2,1H3. The van der Waals surface area contributed by atoms with Crippen LogP contribution in [0, 0.1) is 0 Å². The molecule has 1 aliphatic rings. The monoisotopic (exact) mass is 322 g/mol. The second kappa shape index (κ2) is 8.68. The van der Waals surface area contributed by atoms with Crippen LogP contribution in [-0.2, 0) is 9.59 Å². The minimum atomic E-state index is 0.0829. The van der Waals surface area contributed by atoms with Crippen molar-refractivity contribution in [3.8, 4) is 5.75 Å².